The van der Waals surface area contributed by atoms with Gasteiger partial charge in [-0.3, -0.25) is 10.1 Å². The Labute approximate surface area is 137 Å². The van der Waals surface area contributed by atoms with Crippen molar-refractivity contribution < 1.29 is 19.0 Å². The lowest BCUT2D eigenvalue weighted by Crippen LogP contribution is -2.34. The van der Waals surface area contributed by atoms with Crippen LogP contribution in [0.25, 0.3) is 0 Å². The summed E-state index contributed by atoms with van der Waals surface area (Å²) in [5, 5.41) is 2.71. The first-order chi connectivity index (χ1) is 11.0. The first-order valence-corrected chi connectivity index (χ1v) is 7.62. The predicted octanol–water partition coefficient (Wildman–Crippen LogP) is 2.49. The lowest BCUT2D eigenvalue weighted by molar-refractivity contribution is 0.0953. The summed E-state index contributed by atoms with van der Waals surface area (Å²) in [5.74, 6) is 0.660. The van der Waals surface area contributed by atoms with Crippen LogP contribution < -0.4 is 10.1 Å². The monoisotopic (exact) mass is 322 g/mol. The Bertz CT molecular complexity index is 529. The van der Waals surface area contributed by atoms with Crippen LogP contribution >= 0.6 is 0 Å². The van der Waals surface area contributed by atoms with E-state index in [1.54, 1.807) is 38.5 Å². The second-order valence-corrected chi connectivity index (χ2v) is 5.45. The van der Waals surface area contributed by atoms with Crippen LogP contribution in [-0.4, -0.2) is 45.4 Å². The van der Waals surface area contributed by atoms with Crippen LogP contribution in [0.1, 0.15) is 31.1 Å². The van der Waals surface area contributed by atoms with Gasteiger partial charge in [0.05, 0.1) is 19.8 Å². The van der Waals surface area contributed by atoms with Crippen molar-refractivity contribution in [2.75, 3.05) is 27.4 Å². The number of nitrogens with zero attached hydrogens (tertiary/aromatic N) is 1. The first-order valence-electron chi connectivity index (χ1n) is 7.62. The summed E-state index contributed by atoms with van der Waals surface area (Å²) in [5.41, 5.74) is 0.476. The third-order valence-electron chi connectivity index (χ3n) is 3.36. The molecule has 1 unspecified atom stereocenters. The number of nitrogens with one attached hydrogen (secondary N) is 1. The molecule has 1 aromatic carbocycles. The normalized spacial score (nSPS) is 12.9. The summed E-state index contributed by atoms with van der Waals surface area (Å²) in [7, 11) is 3.15. The van der Waals surface area contributed by atoms with Crippen molar-refractivity contribution in [1.82, 2.24) is 5.32 Å². The van der Waals surface area contributed by atoms with Gasteiger partial charge in [0.1, 0.15) is 12.4 Å². The maximum Gasteiger partial charge on any atom is 0.292 e. The zero-order valence-corrected chi connectivity index (χ0v) is 14.5. The van der Waals surface area contributed by atoms with Gasteiger partial charge >= 0.3 is 0 Å². The standard InChI is InChI=1S/C17H26N2O4/c1-12(2)13(3)18-17(23-10-9-21-4)19-16(20)14-7-6-8-15(11-14)22-5/h6-8,11-13H,9-10H2,1-5H3,(H,18,19,20). The van der Waals surface area contributed by atoms with Gasteiger partial charge in [-0.1, -0.05) is 19.9 Å². The fourth-order valence-electron chi connectivity index (χ4n) is 1.59. The average molecular weight is 322 g/mol. The van der Waals surface area contributed by atoms with Crippen molar-refractivity contribution in [3.8, 4) is 5.75 Å². The van der Waals surface area contributed by atoms with Crippen LogP contribution in [0.15, 0.2) is 29.3 Å². The molecule has 0 aliphatic carbocycles. The number of benzene rings is 1. The van der Waals surface area contributed by atoms with E-state index in [1.807, 2.05) is 6.92 Å². The summed E-state index contributed by atoms with van der Waals surface area (Å²) in [4.78, 5) is 16.8. The summed E-state index contributed by atoms with van der Waals surface area (Å²) in [6.45, 7) is 6.83. The molecule has 0 aliphatic rings. The molecule has 128 valence electrons. The van der Waals surface area contributed by atoms with Gasteiger partial charge in [-0.2, -0.15) is 0 Å². The number of methoxy groups -OCH3 is 2. The lowest BCUT2D eigenvalue weighted by Gasteiger charge is -2.15. The summed E-state index contributed by atoms with van der Waals surface area (Å²) < 4.78 is 15.6. The smallest absolute Gasteiger partial charge is 0.292 e. The largest absolute Gasteiger partial charge is 0.497 e. The molecule has 0 aromatic heterocycles. The van der Waals surface area contributed by atoms with Crippen LogP contribution in [-0.2, 0) is 9.47 Å². The van der Waals surface area contributed by atoms with Gasteiger partial charge in [-0.05, 0) is 31.0 Å². The fraction of sp³-hybridized carbons (Fsp3) is 0.529. The molecule has 6 nitrogen and oxygen atoms in total. The Balaban J connectivity index is 2.83. The van der Waals surface area contributed by atoms with Crippen molar-refractivity contribution in [3.63, 3.8) is 0 Å². The quantitative estimate of drug-likeness (QED) is 0.476. The Kier molecular flexibility index (Phi) is 8.11. The van der Waals surface area contributed by atoms with Crippen molar-refractivity contribution in [3.05, 3.63) is 29.8 Å². The Morgan fingerprint density at radius 3 is 2.57 bits per heavy atom. The van der Waals surface area contributed by atoms with Crippen LogP contribution in [0.3, 0.4) is 0 Å². The van der Waals surface area contributed by atoms with Crippen molar-refractivity contribution in [1.29, 1.82) is 0 Å². The number of carbonyl (C=O) groups is 1. The molecule has 0 aliphatic heterocycles. The molecule has 0 heterocycles. The van der Waals surface area contributed by atoms with E-state index in [0.29, 0.717) is 30.4 Å². The molecule has 0 radical (unpaired) electrons. The number of hydrogen-bond acceptors (Lipinski definition) is 5. The topological polar surface area (TPSA) is 69.2 Å². The lowest BCUT2D eigenvalue weighted by atomic mass is 10.1. The maximum atomic E-state index is 12.3. The van der Waals surface area contributed by atoms with Crippen molar-refractivity contribution >= 4 is 11.9 Å². The van der Waals surface area contributed by atoms with Gasteiger partial charge in [0.15, 0.2) is 0 Å². The Hall–Kier alpha value is -2.08. The molecule has 0 saturated carbocycles. The zero-order chi connectivity index (χ0) is 17.2. The van der Waals surface area contributed by atoms with E-state index in [1.165, 1.54) is 0 Å². The minimum Gasteiger partial charge on any atom is -0.497 e. The van der Waals surface area contributed by atoms with E-state index in [-0.39, 0.29) is 18.0 Å². The molecule has 0 fully saturated rings. The average Bonchev–Trinajstić information content (AvgIpc) is 2.54. The van der Waals surface area contributed by atoms with Crippen LogP contribution in [0, 0.1) is 5.92 Å². The number of aliphatic imine (C=N–C) groups is 1. The minimum absolute atomic E-state index is 0.0261. The number of hydrogen-bond donors (Lipinski definition) is 1. The molecule has 1 aromatic rings. The van der Waals surface area contributed by atoms with Crippen LogP contribution in [0.4, 0.5) is 0 Å². The Morgan fingerprint density at radius 2 is 1.96 bits per heavy atom. The fourth-order valence-corrected chi connectivity index (χ4v) is 1.59. The third-order valence-corrected chi connectivity index (χ3v) is 3.36. The maximum absolute atomic E-state index is 12.3. The second kappa shape index (κ2) is 9.84. The molecule has 1 atom stereocenters. The zero-order valence-electron chi connectivity index (χ0n) is 14.5. The van der Waals surface area contributed by atoms with Gasteiger partial charge in [0.25, 0.3) is 11.9 Å². The SMILES string of the molecule is COCCOC(=NC(C)C(C)C)NC(=O)c1cccc(OC)c1. The molecule has 1 amide bonds. The predicted molar refractivity (Wildman–Crippen MR) is 90.0 cm³/mol. The summed E-state index contributed by atoms with van der Waals surface area (Å²) >= 11 is 0. The highest BCUT2D eigenvalue weighted by atomic mass is 16.5. The highest BCUT2D eigenvalue weighted by Gasteiger charge is 2.13. The van der Waals surface area contributed by atoms with E-state index in [2.05, 4.69) is 24.2 Å². The molecule has 23 heavy (non-hydrogen) atoms. The number of rotatable bonds is 7. The molecule has 0 saturated heterocycles. The van der Waals surface area contributed by atoms with E-state index in [4.69, 9.17) is 14.2 Å². The van der Waals surface area contributed by atoms with Gasteiger partial charge < -0.3 is 14.2 Å². The number of ether oxygens (including phenoxy) is 3. The number of carbonyl (C=O) groups excluding carboxylic acids is 1. The molecule has 0 bridgehead atoms. The number of amidine groups is 1. The van der Waals surface area contributed by atoms with Crippen molar-refractivity contribution in [2.45, 2.75) is 26.8 Å². The Morgan fingerprint density at radius 1 is 1.22 bits per heavy atom. The van der Waals surface area contributed by atoms with Gasteiger partial charge in [0.2, 0.25) is 0 Å². The number of amides is 1. The van der Waals surface area contributed by atoms with Crippen molar-refractivity contribution in [2.24, 2.45) is 10.9 Å². The second-order valence-electron chi connectivity index (χ2n) is 5.45. The van der Waals surface area contributed by atoms with E-state index < -0.39 is 0 Å². The molecular formula is C17H26N2O4. The van der Waals surface area contributed by atoms with Crippen LogP contribution in [0.5, 0.6) is 5.75 Å². The molecule has 6 heteroatoms. The molecule has 0 spiro atoms. The van der Waals surface area contributed by atoms with Gasteiger partial charge in [-0.25, -0.2) is 4.99 Å². The highest BCUT2D eigenvalue weighted by molar-refractivity contribution is 6.04. The summed E-state index contributed by atoms with van der Waals surface area (Å²) in [6, 6.07) is 7.13. The van der Waals surface area contributed by atoms with E-state index in [0.717, 1.165) is 0 Å². The van der Waals surface area contributed by atoms with E-state index >= 15 is 0 Å². The van der Waals surface area contributed by atoms with Gasteiger partial charge in [-0.15, -0.1) is 0 Å². The highest BCUT2D eigenvalue weighted by Crippen LogP contribution is 2.12. The van der Waals surface area contributed by atoms with Gasteiger partial charge in [0, 0.05) is 12.7 Å². The minimum atomic E-state index is -0.295. The first kappa shape index (κ1) is 19.0. The molecule has 1 N–H and O–H groups in total. The molecular weight excluding hydrogens is 296 g/mol. The third kappa shape index (κ3) is 6.69. The van der Waals surface area contributed by atoms with Crippen LogP contribution in [0.2, 0.25) is 0 Å². The van der Waals surface area contributed by atoms with E-state index in [9.17, 15) is 4.79 Å². The summed E-state index contributed by atoms with van der Waals surface area (Å²) in [6.07, 6.45) is 0. The molecule has 1 rings (SSSR count).